The lowest BCUT2D eigenvalue weighted by atomic mass is 10.2. The molecule has 0 aliphatic carbocycles. The first-order valence-corrected chi connectivity index (χ1v) is 7.38. The second kappa shape index (κ2) is 6.40. The van der Waals surface area contributed by atoms with Crippen molar-refractivity contribution >= 4 is 29.0 Å². The van der Waals surface area contributed by atoms with Crippen molar-refractivity contribution in [1.29, 1.82) is 0 Å². The monoisotopic (exact) mass is 306 g/mol. The summed E-state index contributed by atoms with van der Waals surface area (Å²) in [5.74, 6) is -0.283. The number of anilines is 1. The number of para-hydroxylation sites is 1. The zero-order chi connectivity index (χ0) is 15.4. The van der Waals surface area contributed by atoms with Crippen LogP contribution in [0.1, 0.15) is 13.0 Å². The molecule has 0 saturated carbocycles. The zero-order valence-electron chi connectivity index (χ0n) is 11.5. The van der Waals surface area contributed by atoms with E-state index in [4.69, 9.17) is 0 Å². The Bertz CT molecular complexity index is 671. The Morgan fingerprint density at radius 2 is 2.19 bits per heavy atom. The fraction of sp³-hybridized carbons (Fsp3) is 0.231. The van der Waals surface area contributed by atoms with Gasteiger partial charge in [0.25, 0.3) is 0 Å². The quantitative estimate of drug-likeness (QED) is 0.521. The summed E-state index contributed by atoms with van der Waals surface area (Å²) in [7, 11) is 0. The molecule has 0 saturated heterocycles. The van der Waals surface area contributed by atoms with Gasteiger partial charge < -0.3 is 5.32 Å². The van der Waals surface area contributed by atoms with E-state index >= 15 is 0 Å². The van der Waals surface area contributed by atoms with Crippen LogP contribution in [0.15, 0.2) is 41.6 Å². The van der Waals surface area contributed by atoms with Crippen molar-refractivity contribution in [2.24, 2.45) is 0 Å². The maximum atomic E-state index is 12.2. The molecule has 0 unspecified atom stereocenters. The van der Waals surface area contributed by atoms with E-state index in [0.717, 1.165) is 11.1 Å². The highest BCUT2D eigenvalue weighted by Gasteiger charge is 2.19. The Hall–Kier alpha value is -2.35. The zero-order valence-corrected chi connectivity index (χ0v) is 12.3. The van der Waals surface area contributed by atoms with Crippen molar-refractivity contribution in [2.75, 3.05) is 11.6 Å². The maximum Gasteiger partial charge on any atom is 0.307 e. The van der Waals surface area contributed by atoms with Crippen LogP contribution in [-0.4, -0.2) is 26.9 Å². The van der Waals surface area contributed by atoms with Crippen molar-refractivity contribution in [3.8, 4) is 0 Å². The minimum atomic E-state index is -0.645. The summed E-state index contributed by atoms with van der Waals surface area (Å²) < 4.78 is 1.27. The highest BCUT2D eigenvalue weighted by Crippen LogP contribution is 2.25. The van der Waals surface area contributed by atoms with Crippen LogP contribution < -0.4 is 5.32 Å². The van der Waals surface area contributed by atoms with Gasteiger partial charge in [-0.3, -0.25) is 19.6 Å². The third kappa shape index (κ3) is 3.40. The molecule has 8 heteroatoms. The molecule has 0 bridgehead atoms. The topological polar surface area (TPSA) is 90.1 Å². The molecule has 0 aliphatic rings. The average molecular weight is 306 g/mol. The van der Waals surface area contributed by atoms with Crippen LogP contribution in [0, 0.1) is 10.1 Å². The molecule has 2 aromatic rings. The van der Waals surface area contributed by atoms with Crippen LogP contribution in [0.4, 0.5) is 11.4 Å². The van der Waals surface area contributed by atoms with Gasteiger partial charge in [0.15, 0.2) is 0 Å². The molecule has 0 fully saturated rings. The minimum Gasteiger partial charge on any atom is -0.323 e. The van der Waals surface area contributed by atoms with E-state index in [1.165, 1.54) is 22.6 Å². The number of amides is 1. The molecular formula is C13H14N4O3S. The Balaban J connectivity index is 2.13. The summed E-state index contributed by atoms with van der Waals surface area (Å²) in [4.78, 5) is 23.2. The summed E-state index contributed by atoms with van der Waals surface area (Å²) >= 11 is 1.53. The van der Waals surface area contributed by atoms with Gasteiger partial charge in [-0.15, -0.1) is 11.8 Å². The van der Waals surface area contributed by atoms with E-state index in [9.17, 15) is 14.9 Å². The van der Waals surface area contributed by atoms with Crippen LogP contribution in [0.25, 0.3) is 0 Å². The van der Waals surface area contributed by atoms with E-state index in [1.807, 2.05) is 30.5 Å². The highest BCUT2D eigenvalue weighted by molar-refractivity contribution is 7.98. The SMILES string of the molecule is CSc1ccccc1NC(=O)[C@@H](C)n1cc([N+](=O)[O-])cn1. The number of carbonyl (C=O) groups excluding carboxylic acids is 1. The molecule has 7 nitrogen and oxygen atoms in total. The number of carbonyl (C=O) groups is 1. The smallest absolute Gasteiger partial charge is 0.307 e. The molecule has 0 aliphatic heterocycles. The van der Waals surface area contributed by atoms with Crippen molar-refractivity contribution in [1.82, 2.24) is 9.78 Å². The number of nitrogens with one attached hydrogen (secondary N) is 1. The van der Waals surface area contributed by atoms with Crippen LogP contribution >= 0.6 is 11.8 Å². The van der Waals surface area contributed by atoms with E-state index in [2.05, 4.69) is 10.4 Å². The average Bonchev–Trinajstić information content (AvgIpc) is 2.97. The number of rotatable bonds is 5. The summed E-state index contributed by atoms with van der Waals surface area (Å²) in [6.45, 7) is 1.63. The lowest BCUT2D eigenvalue weighted by Gasteiger charge is -2.14. The molecule has 1 amide bonds. The number of nitro groups is 1. The van der Waals surface area contributed by atoms with Gasteiger partial charge in [-0.1, -0.05) is 12.1 Å². The number of hydrogen-bond donors (Lipinski definition) is 1. The second-order valence-corrected chi connectivity index (χ2v) is 5.15. The number of nitrogens with zero attached hydrogens (tertiary/aromatic N) is 3. The van der Waals surface area contributed by atoms with Gasteiger partial charge in [-0.2, -0.15) is 5.10 Å². The first-order valence-electron chi connectivity index (χ1n) is 6.15. The number of thioether (sulfide) groups is 1. The Morgan fingerprint density at radius 1 is 1.48 bits per heavy atom. The third-order valence-corrected chi connectivity index (χ3v) is 3.74. The second-order valence-electron chi connectivity index (χ2n) is 4.30. The van der Waals surface area contributed by atoms with Crippen LogP contribution in [0.2, 0.25) is 0 Å². The standard InChI is InChI=1S/C13H14N4O3S/c1-9(16-8-10(7-14-16)17(19)20)13(18)15-11-5-3-4-6-12(11)21-2/h3-9H,1-2H3,(H,15,18)/t9-/m1/s1. The first kappa shape index (κ1) is 15.0. The third-order valence-electron chi connectivity index (χ3n) is 2.94. The molecule has 1 heterocycles. The van der Waals surface area contributed by atoms with Gasteiger partial charge in [0.05, 0.1) is 10.6 Å². The molecule has 1 atom stereocenters. The van der Waals surface area contributed by atoms with Gasteiger partial charge in [-0.05, 0) is 25.3 Å². The number of aromatic nitrogens is 2. The summed E-state index contributed by atoms with van der Waals surface area (Å²) in [5, 5.41) is 17.3. The number of benzene rings is 1. The summed E-state index contributed by atoms with van der Waals surface area (Å²) in [5.41, 5.74) is 0.572. The van der Waals surface area contributed by atoms with Crippen LogP contribution in [0.5, 0.6) is 0 Å². The van der Waals surface area contributed by atoms with Gasteiger partial charge in [0, 0.05) is 4.90 Å². The van der Waals surface area contributed by atoms with Gasteiger partial charge in [0.2, 0.25) is 5.91 Å². The maximum absolute atomic E-state index is 12.2. The molecule has 110 valence electrons. The van der Waals surface area contributed by atoms with Crippen LogP contribution in [-0.2, 0) is 4.79 Å². The normalized spacial score (nSPS) is 11.9. The van der Waals surface area contributed by atoms with Crippen molar-refractivity contribution < 1.29 is 9.72 Å². The predicted molar refractivity (Wildman–Crippen MR) is 80.4 cm³/mol. The number of hydrogen-bond acceptors (Lipinski definition) is 5. The lowest BCUT2D eigenvalue weighted by Crippen LogP contribution is -2.24. The fourth-order valence-electron chi connectivity index (χ4n) is 1.74. The first-order chi connectivity index (χ1) is 10.0. The Labute approximate surface area is 125 Å². The van der Waals surface area contributed by atoms with E-state index in [-0.39, 0.29) is 11.6 Å². The van der Waals surface area contributed by atoms with E-state index in [1.54, 1.807) is 6.92 Å². The predicted octanol–water partition coefficient (Wildman–Crippen LogP) is 2.71. The molecule has 1 aromatic heterocycles. The van der Waals surface area contributed by atoms with Crippen LogP contribution in [0.3, 0.4) is 0 Å². The minimum absolute atomic E-state index is 0.140. The summed E-state index contributed by atoms with van der Waals surface area (Å²) in [6.07, 6.45) is 4.29. The molecule has 2 rings (SSSR count). The lowest BCUT2D eigenvalue weighted by molar-refractivity contribution is -0.385. The van der Waals surface area contributed by atoms with Gasteiger partial charge in [-0.25, -0.2) is 0 Å². The van der Waals surface area contributed by atoms with Gasteiger partial charge >= 0.3 is 5.69 Å². The van der Waals surface area contributed by atoms with Gasteiger partial charge in [0.1, 0.15) is 18.4 Å². The van der Waals surface area contributed by atoms with Crippen molar-refractivity contribution in [2.45, 2.75) is 17.9 Å². The molecule has 0 radical (unpaired) electrons. The van der Waals surface area contributed by atoms with E-state index in [0.29, 0.717) is 5.69 Å². The van der Waals surface area contributed by atoms with Crippen molar-refractivity contribution in [3.63, 3.8) is 0 Å². The highest BCUT2D eigenvalue weighted by atomic mass is 32.2. The van der Waals surface area contributed by atoms with E-state index < -0.39 is 11.0 Å². The Morgan fingerprint density at radius 3 is 2.81 bits per heavy atom. The molecule has 21 heavy (non-hydrogen) atoms. The summed E-state index contributed by atoms with van der Waals surface area (Å²) in [6, 6.07) is 6.79. The largest absolute Gasteiger partial charge is 0.323 e. The molecule has 1 aromatic carbocycles. The Kier molecular flexibility index (Phi) is 4.59. The molecule has 1 N–H and O–H groups in total. The fourth-order valence-corrected chi connectivity index (χ4v) is 2.29. The molecular weight excluding hydrogens is 292 g/mol. The van der Waals surface area contributed by atoms with Crippen molar-refractivity contribution in [3.05, 3.63) is 46.8 Å². The molecule has 0 spiro atoms.